The molecule has 9 nitrogen and oxygen atoms in total. The molecule has 45 heavy (non-hydrogen) atoms. The highest BCUT2D eigenvalue weighted by Gasteiger charge is 2.34. The van der Waals surface area contributed by atoms with E-state index < -0.39 is 12.0 Å². The van der Waals surface area contributed by atoms with Gasteiger partial charge in [-0.1, -0.05) is 41.7 Å². The number of ether oxygens (including phenoxy) is 3. The van der Waals surface area contributed by atoms with Crippen LogP contribution in [0.1, 0.15) is 37.9 Å². The van der Waals surface area contributed by atoms with Crippen LogP contribution >= 0.6 is 11.3 Å². The average molecular weight is 621 g/mol. The molecule has 0 fully saturated rings. The number of carbonyl (C=O) groups excluding carboxylic acids is 1. The second kappa shape index (κ2) is 12.4. The summed E-state index contributed by atoms with van der Waals surface area (Å²) < 4.78 is 20.2. The molecule has 0 radical (unpaired) electrons. The van der Waals surface area contributed by atoms with Crippen LogP contribution in [0.5, 0.6) is 11.5 Å². The SMILES string of the molecule is COc1ccc(-c2nn(-c3ccccc3)cc2/C=c2/sc3n(c2=O)[C@H](c2ccc(OC)cc2)C(C(=O)OC(C)C)=C(C)N=3)cc1. The zero-order valence-electron chi connectivity index (χ0n) is 25.6. The van der Waals surface area contributed by atoms with Gasteiger partial charge in [-0.05, 0) is 80.9 Å². The standard InChI is InChI=1S/C35H32N4O5S/c1-21(2)44-34(41)30-22(3)36-35-39(32(30)24-13-17-28(43-5)18-14-24)33(40)29(45-35)19-25-20-38(26-9-7-6-8-10-26)37-31(25)23-11-15-27(42-4)16-12-23/h6-21,32H,1-5H3/b29-19+/t32-/m1/s1. The molecule has 0 unspecified atom stereocenters. The first-order valence-electron chi connectivity index (χ1n) is 14.4. The minimum absolute atomic E-state index is 0.268. The molecule has 6 rings (SSSR count). The molecule has 228 valence electrons. The fourth-order valence-corrected chi connectivity index (χ4v) is 6.32. The number of esters is 1. The number of nitrogens with zero attached hydrogens (tertiary/aromatic N) is 4. The van der Waals surface area contributed by atoms with E-state index in [1.54, 1.807) is 44.2 Å². The summed E-state index contributed by atoms with van der Waals surface area (Å²) in [5, 5.41) is 4.90. The van der Waals surface area contributed by atoms with Crippen molar-refractivity contribution < 1.29 is 19.0 Å². The molecule has 0 saturated carbocycles. The van der Waals surface area contributed by atoms with E-state index >= 15 is 0 Å². The van der Waals surface area contributed by atoms with E-state index in [2.05, 4.69) is 0 Å². The second-order valence-corrected chi connectivity index (χ2v) is 11.8. The van der Waals surface area contributed by atoms with Gasteiger partial charge >= 0.3 is 5.97 Å². The van der Waals surface area contributed by atoms with Crippen molar-refractivity contribution in [3.63, 3.8) is 0 Å². The van der Waals surface area contributed by atoms with E-state index in [0.717, 1.165) is 28.1 Å². The van der Waals surface area contributed by atoms with E-state index in [0.29, 0.717) is 32.0 Å². The van der Waals surface area contributed by atoms with Crippen molar-refractivity contribution in [2.75, 3.05) is 14.2 Å². The summed E-state index contributed by atoms with van der Waals surface area (Å²) >= 11 is 1.27. The Labute approximate surface area is 264 Å². The first-order chi connectivity index (χ1) is 21.8. The fraction of sp³-hybridized carbons (Fsp3) is 0.200. The van der Waals surface area contributed by atoms with Gasteiger partial charge < -0.3 is 14.2 Å². The van der Waals surface area contributed by atoms with Gasteiger partial charge in [0.25, 0.3) is 5.56 Å². The number of hydrogen-bond donors (Lipinski definition) is 0. The minimum atomic E-state index is -0.728. The van der Waals surface area contributed by atoms with Gasteiger partial charge in [0.1, 0.15) is 17.2 Å². The summed E-state index contributed by atoms with van der Waals surface area (Å²) in [7, 11) is 3.22. The van der Waals surface area contributed by atoms with Crippen LogP contribution in [0, 0.1) is 0 Å². The van der Waals surface area contributed by atoms with Crippen molar-refractivity contribution in [2.24, 2.45) is 4.99 Å². The fourth-order valence-electron chi connectivity index (χ4n) is 5.28. The van der Waals surface area contributed by atoms with Crippen LogP contribution in [-0.2, 0) is 9.53 Å². The molecule has 0 aliphatic carbocycles. The topological polar surface area (TPSA) is 96.9 Å². The molecule has 3 heterocycles. The van der Waals surface area contributed by atoms with Crippen molar-refractivity contribution in [1.82, 2.24) is 14.3 Å². The number of rotatable bonds is 8. The maximum Gasteiger partial charge on any atom is 0.338 e. The summed E-state index contributed by atoms with van der Waals surface area (Å²) in [5.41, 5.74) is 4.52. The van der Waals surface area contributed by atoms with Crippen LogP contribution in [-0.4, -0.2) is 40.6 Å². The van der Waals surface area contributed by atoms with Crippen molar-refractivity contribution in [1.29, 1.82) is 0 Å². The Hall–Kier alpha value is -5.22. The quantitative estimate of drug-likeness (QED) is 0.225. The maximum atomic E-state index is 14.3. The lowest BCUT2D eigenvalue weighted by Gasteiger charge is -2.25. The number of carbonyl (C=O) groups is 1. The molecular formula is C35H32N4O5S. The van der Waals surface area contributed by atoms with E-state index in [1.165, 1.54) is 11.3 Å². The molecule has 0 bridgehead atoms. The molecular weight excluding hydrogens is 588 g/mol. The number of allylic oxidation sites excluding steroid dienone is 1. The Kier molecular flexibility index (Phi) is 8.23. The smallest absolute Gasteiger partial charge is 0.338 e. The van der Waals surface area contributed by atoms with Crippen LogP contribution in [0.25, 0.3) is 23.0 Å². The van der Waals surface area contributed by atoms with Crippen LogP contribution < -0.4 is 24.4 Å². The number of aromatic nitrogens is 3. The molecule has 0 spiro atoms. The maximum absolute atomic E-state index is 14.3. The van der Waals surface area contributed by atoms with Gasteiger partial charge in [-0.15, -0.1) is 0 Å². The third-order valence-electron chi connectivity index (χ3n) is 7.43. The number of thiazole rings is 1. The number of benzene rings is 3. The Morgan fingerprint density at radius 3 is 2.20 bits per heavy atom. The van der Waals surface area contributed by atoms with Crippen LogP contribution in [0.4, 0.5) is 0 Å². The third-order valence-corrected chi connectivity index (χ3v) is 8.41. The second-order valence-electron chi connectivity index (χ2n) is 10.8. The Balaban J connectivity index is 1.54. The highest BCUT2D eigenvalue weighted by molar-refractivity contribution is 7.07. The van der Waals surface area contributed by atoms with Gasteiger partial charge in [-0.2, -0.15) is 5.10 Å². The third kappa shape index (κ3) is 5.84. The minimum Gasteiger partial charge on any atom is -0.497 e. The summed E-state index contributed by atoms with van der Waals surface area (Å²) in [4.78, 5) is 32.9. The molecule has 0 saturated heterocycles. The van der Waals surface area contributed by atoms with Crippen molar-refractivity contribution in [3.8, 4) is 28.4 Å². The summed E-state index contributed by atoms with van der Waals surface area (Å²) in [6, 6.07) is 24.0. The molecule has 1 aliphatic heterocycles. The molecule has 5 aromatic rings. The molecule has 1 aliphatic rings. The van der Waals surface area contributed by atoms with Crippen LogP contribution in [0.2, 0.25) is 0 Å². The highest BCUT2D eigenvalue weighted by Crippen LogP contribution is 2.32. The Morgan fingerprint density at radius 1 is 0.933 bits per heavy atom. The van der Waals surface area contributed by atoms with Gasteiger partial charge in [0.15, 0.2) is 4.80 Å². The summed E-state index contributed by atoms with van der Waals surface area (Å²) in [6.45, 7) is 5.36. The highest BCUT2D eigenvalue weighted by atomic mass is 32.1. The average Bonchev–Trinajstić information content (AvgIpc) is 3.61. The predicted molar refractivity (Wildman–Crippen MR) is 174 cm³/mol. The number of para-hydroxylation sites is 1. The lowest BCUT2D eigenvalue weighted by atomic mass is 9.96. The molecule has 3 aromatic carbocycles. The van der Waals surface area contributed by atoms with E-state index in [4.69, 9.17) is 24.3 Å². The summed E-state index contributed by atoms with van der Waals surface area (Å²) in [6.07, 6.45) is 3.41. The molecule has 1 atom stereocenters. The molecule has 0 amide bonds. The first-order valence-corrected chi connectivity index (χ1v) is 15.3. The lowest BCUT2D eigenvalue weighted by molar-refractivity contribution is -0.143. The van der Waals surface area contributed by atoms with E-state index in [1.807, 2.05) is 91.1 Å². The van der Waals surface area contributed by atoms with Gasteiger partial charge in [-0.25, -0.2) is 14.5 Å². The zero-order valence-corrected chi connectivity index (χ0v) is 26.4. The summed E-state index contributed by atoms with van der Waals surface area (Å²) in [5.74, 6) is 0.892. The van der Waals surface area contributed by atoms with Crippen LogP contribution in [0.15, 0.2) is 106 Å². The molecule has 0 N–H and O–H groups in total. The normalized spacial score (nSPS) is 14.7. The van der Waals surface area contributed by atoms with E-state index in [-0.39, 0.29) is 11.7 Å². The predicted octanol–water partition coefficient (Wildman–Crippen LogP) is 5.06. The van der Waals surface area contributed by atoms with Gasteiger partial charge in [0.05, 0.1) is 47.9 Å². The largest absolute Gasteiger partial charge is 0.497 e. The lowest BCUT2D eigenvalue weighted by Crippen LogP contribution is -2.40. The zero-order chi connectivity index (χ0) is 31.7. The molecule has 10 heteroatoms. The Bertz CT molecular complexity index is 2070. The molecule has 2 aromatic heterocycles. The van der Waals surface area contributed by atoms with Gasteiger partial charge in [0.2, 0.25) is 0 Å². The van der Waals surface area contributed by atoms with Gasteiger partial charge in [0, 0.05) is 17.3 Å². The van der Waals surface area contributed by atoms with Gasteiger partial charge in [-0.3, -0.25) is 9.36 Å². The van der Waals surface area contributed by atoms with Crippen LogP contribution in [0.3, 0.4) is 0 Å². The van der Waals surface area contributed by atoms with E-state index in [9.17, 15) is 9.59 Å². The monoisotopic (exact) mass is 620 g/mol. The van der Waals surface area contributed by atoms with Crippen molar-refractivity contribution in [2.45, 2.75) is 32.9 Å². The Morgan fingerprint density at radius 2 is 1.58 bits per heavy atom. The van der Waals surface area contributed by atoms with Crippen molar-refractivity contribution in [3.05, 3.63) is 127 Å². The number of hydrogen-bond acceptors (Lipinski definition) is 8. The first kappa shape index (κ1) is 29.8. The number of fused-ring (bicyclic) bond motifs is 1. The number of methoxy groups -OCH3 is 2. The van der Waals surface area contributed by atoms with Crippen molar-refractivity contribution >= 4 is 23.4 Å².